The second kappa shape index (κ2) is 6.80. The highest BCUT2D eigenvalue weighted by Crippen LogP contribution is 2.28. The second-order valence-corrected chi connectivity index (χ2v) is 6.85. The van der Waals surface area contributed by atoms with Crippen LogP contribution in [0.2, 0.25) is 0 Å². The first-order chi connectivity index (χ1) is 10.3. The Kier molecular flexibility index (Phi) is 5.24. The number of anilines is 1. The van der Waals surface area contributed by atoms with E-state index in [4.69, 9.17) is 0 Å². The van der Waals surface area contributed by atoms with Gasteiger partial charge in [0.05, 0.1) is 10.6 Å². The van der Waals surface area contributed by atoms with Crippen molar-refractivity contribution in [1.29, 1.82) is 0 Å². The van der Waals surface area contributed by atoms with Crippen molar-refractivity contribution in [3.05, 3.63) is 36.4 Å². The molecule has 2 aromatic rings. The lowest BCUT2D eigenvalue weighted by molar-refractivity contribution is -0.118. The minimum atomic E-state index is -4.30. The van der Waals surface area contributed by atoms with E-state index in [-0.39, 0.29) is 17.0 Å². The number of alkyl halides is 1. The van der Waals surface area contributed by atoms with E-state index in [1.54, 1.807) is 37.3 Å². The first-order valence-electron chi connectivity index (χ1n) is 6.44. The molecule has 0 fully saturated rings. The fourth-order valence-electron chi connectivity index (χ4n) is 2.18. The number of nitrogens with one attached hydrogen (secondary N) is 2. The number of halogens is 1. The van der Waals surface area contributed by atoms with Gasteiger partial charge in [-0.1, -0.05) is 46.9 Å². The van der Waals surface area contributed by atoms with Crippen LogP contribution in [0.1, 0.15) is 6.92 Å². The summed E-state index contributed by atoms with van der Waals surface area (Å²) in [6.07, 6.45) is -0.317. The van der Waals surface area contributed by atoms with Crippen LogP contribution in [0.15, 0.2) is 41.3 Å². The van der Waals surface area contributed by atoms with Gasteiger partial charge in [0.1, 0.15) is 4.90 Å². The SMILES string of the molecule is CC(NC(=O)CI)Nc1cccc2c(S(=O)(=O)O)cccc12. The molecule has 0 aliphatic heterocycles. The molecular weight excluding hydrogens is 419 g/mol. The summed E-state index contributed by atoms with van der Waals surface area (Å²) in [5, 5.41) is 6.94. The van der Waals surface area contributed by atoms with Gasteiger partial charge < -0.3 is 10.6 Å². The van der Waals surface area contributed by atoms with Crippen molar-refractivity contribution < 1.29 is 17.8 Å². The Bertz CT molecular complexity index is 808. The summed E-state index contributed by atoms with van der Waals surface area (Å²) in [5.74, 6) is -0.0977. The molecule has 0 bridgehead atoms. The molecule has 0 aromatic heterocycles. The topological polar surface area (TPSA) is 95.5 Å². The van der Waals surface area contributed by atoms with Crippen LogP contribution in [0.4, 0.5) is 5.69 Å². The Balaban J connectivity index is 2.42. The van der Waals surface area contributed by atoms with Gasteiger partial charge in [0.15, 0.2) is 0 Å². The van der Waals surface area contributed by atoms with Gasteiger partial charge in [0, 0.05) is 16.5 Å². The van der Waals surface area contributed by atoms with Crippen LogP contribution in [-0.2, 0) is 14.9 Å². The van der Waals surface area contributed by atoms with Crippen molar-refractivity contribution in [1.82, 2.24) is 5.32 Å². The van der Waals surface area contributed by atoms with Crippen LogP contribution in [0.3, 0.4) is 0 Å². The van der Waals surface area contributed by atoms with Crippen LogP contribution < -0.4 is 10.6 Å². The highest BCUT2D eigenvalue weighted by molar-refractivity contribution is 14.1. The number of carbonyl (C=O) groups excluding carboxylic acids is 1. The van der Waals surface area contributed by atoms with Crippen molar-refractivity contribution in [2.75, 3.05) is 9.74 Å². The third-order valence-electron chi connectivity index (χ3n) is 3.03. The van der Waals surface area contributed by atoms with Crippen LogP contribution in [0.25, 0.3) is 10.8 Å². The van der Waals surface area contributed by atoms with Crippen molar-refractivity contribution in [2.45, 2.75) is 18.0 Å². The maximum Gasteiger partial charge on any atom is 0.295 e. The number of benzene rings is 2. The lowest BCUT2D eigenvalue weighted by Crippen LogP contribution is -2.38. The van der Waals surface area contributed by atoms with Crippen LogP contribution in [0, 0.1) is 0 Å². The quantitative estimate of drug-likeness (QED) is 0.291. The molecule has 0 aliphatic rings. The molecule has 0 spiro atoms. The lowest BCUT2D eigenvalue weighted by Gasteiger charge is -2.18. The Labute approximate surface area is 142 Å². The highest BCUT2D eigenvalue weighted by Gasteiger charge is 2.15. The largest absolute Gasteiger partial charge is 0.365 e. The highest BCUT2D eigenvalue weighted by atomic mass is 127. The average Bonchev–Trinajstić information content (AvgIpc) is 2.45. The maximum absolute atomic E-state index is 11.4. The van der Waals surface area contributed by atoms with Crippen LogP contribution in [0.5, 0.6) is 0 Å². The van der Waals surface area contributed by atoms with Gasteiger partial charge in [-0.3, -0.25) is 9.35 Å². The number of amides is 1. The molecule has 6 nitrogen and oxygen atoms in total. The predicted molar refractivity (Wildman–Crippen MR) is 93.9 cm³/mol. The van der Waals surface area contributed by atoms with Gasteiger partial charge in [-0.05, 0) is 19.1 Å². The minimum Gasteiger partial charge on any atom is -0.365 e. The molecule has 8 heteroatoms. The van der Waals surface area contributed by atoms with Crippen LogP contribution in [-0.4, -0.2) is 29.5 Å². The first kappa shape index (κ1) is 17.0. The molecule has 0 saturated heterocycles. The number of fused-ring (bicyclic) bond motifs is 1. The molecule has 0 saturated carbocycles. The summed E-state index contributed by atoms with van der Waals surface area (Å²) < 4.78 is 32.5. The summed E-state index contributed by atoms with van der Waals surface area (Å²) >= 11 is 1.97. The van der Waals surface area contributed by atoms with Crippen molar-refractivity contribution in [3.63, 3.8) is 0 Å². The zero-order valence-corrected chi connectivity index (χ0v) is 14.7. The standard InChI is InChI=1S/C14H15IN2O4S/c1-9(17-14(18)8-15)16-12-6-2-5-11-10(12)4-3-7-13(11)22(19,20)21/h2-7,9,16H,8H2,1H3,(H,17,18)(H,19,20,21). The Morgan fingerprint density at radius 1 is 1.23 bits per heavy atom. The molecule has 0 radical (unpaired) electrons. The van der Waals surface area contributed by atoms with E-state index < -0.39 is 10.1 Å². The number of rotatable bonds is 5. The zero-order chi connectivity index (χ0) is 16.3. The Morgan fingerprint density at radius 2 is 1.86 bits per heavy atom. The van der Waals surface area contributed by atoms with E-state index in [0.717, 1.165) is 0 Å². The number of hydrogen-bond acceptors (Lipinski definition) is 4. The number of carbonyl (C=O) groups is 1. The summed E-state index contributed by atoms with van der Waals surface area (Å²) in [5.41, 5.74) is 0.671. The van der Waals surface area contributed by atoms with Crippen molar-refractivity contribution >= 4 is 55.1 Å². The van der Waals surface area contributed by atoms with E-state index in [2.05, 4.69) is 10.6 Å². The minimum absolute atomic E-state index is 0.0977. The molecule has 1 unspecified atom stereocenters. The monoisotopic (exact) mass is 434 g/mol. The van der Waals surface area contributed by atoms with Crippen molar-refractivity contribution in [2.24, 2.45) is 0 Å². The van der Waals surface area contributed by atoms with E-state index in [9.17, 15) is 17.8 Å². The molecule has 22 heavy (non-hydrogen) atoms. The molecule has 2 aromatic carbocycles. The molecule has 2 rings (SSSR count). The first-order valence-corrected chi connectivity index (χ1v) is 9.40. The van der Waals surface area contributed by atoms with E-state index in [0.29, 0.717) is 20.9 Å². The Hall–Kier alpha value is -1.39. The molecule has 3 N–H and O–H groups in total. The average molecular weight is 434 g/mol. The fourth-order valence-corrected chi connectivity index (χ4v) is 3.11. The zero-order valence-electron chi connectivity index (χ0n) is 11.7. The van der Waals surface area contributed by atoms with Gasteiger partial charge in [-0.2, -0.15) is 8.42 Å². The van der Waals surface area contributed by atoms with E-state index in [1.807, 2.05) is 22.6 Å². The van der Waals surface area contributed by atoms with E-state index >= 15 is 0 Å². The van der Waals surface area contributed by atoms with Crippen LogP contribution >= 0.6 is 22.6 Å². The van der Waals surface area contributed by atoms with Gasteiger partial charge in [0.25, 0.3) is 10.1 Å². The summed E-state index contributed by atoms with van der Waals surface area (Å²) in [4.78, 5) is 11.2. The lowest BCUT2D eigenvalue weighted by atomic mass is 10.1. The summed E-state index contributed by atoms with van der Waals surface area (Å²) in [6.45, 7) is 1.79. The summed E-state index contributed by atoms with van der Waals surface area (Å²) in [6, 6.07) is 9.75. The van der Waals surface area contributed by atoms with Gasteiger partial charge in [-0.25, -0.2) is 0 Å². The van der Waals surface area contributed by atoms with Crippen molar-refractivity contribution in [3.8, 4) is 0 Å². The van der Waals surface area contributed by atoms with E-state index in [1.165, 1.54) is 6.07 Å². The third kappa shape index (κ3) is 3.87. The molecule has 1 atom stereocenters. The van der Waals surface area contributed by atoms with Gasteiger partial charge in [-0.15, -0.1) is 0 Å². The maximum atomic E-state index is 11.4. The summed E-state index contributed by atoms with van der Waals surface area (Å²) in [7, 11) is -4.30. The second-order valence-electron chi connectivity index (χ2n) is 4.70. The van der Waals surface area contributed by atoms with Gasteiger partial charge in [0.2, 0.25) is 5.91 Å². The van der Waals surface area contributed by atoms with Gasteiger partial charge >= 0.3 is 0 Å². The molecule has 118 valence electrons. The Morgan fingerprint density at radius 3 is 2.50 bits per heavy atom. The molecular formula is C14H15IN2O4S. The predicted octanol–water partition coefficient (Wildman–Crippen LogP) is 2.40. The normalized spacial score (nSPS) is 12.9. The molecule has 0 aliphatic carbocycles. The smallest absolute Gasteiger partial charge is 0.295 e. The molecule has 0 heterocycles. The fraction of sp³-hybridized carbons (Fsp3) is 0.214. The molecule has 1 amide bonds. The number of hydrogen-bond donors (Lipinski definition) is 3. The third-order valence-corrected chi connectivity index (χ3v) is 4.64.